The summed E-state index contributed by atoms with van der Waals surface area (Å²) in [5.41, 5.74) is 6.97. The number of carbonyl (C=O) groups is 1. The molecule has 0 aliphatic carbocycles. The largest absolute Gasteiger partial charge is 0.493 e. The van der Waals surface area contributed by atoms with Crippen LogP contribution in [0.15, 0.2) is 54.6 Å². The van der Waals surface area contributed by atoms with Crippen LogP contribution in [0.4, 0.5) is 5.69 Å². The number of fused-ring (bicyclic) bond motifs is 1. The summed E-state index contributed by atoms with van der Waals surface area (Å²) in [4.78, 5) is 20.4. The molecule has 37 heavy (non-hydrogen) atoms. The van der Waals surface area contributed by atoms with Crippen molar-refractivity contribution in [1.82, 2.24) is 9.97 Å². The zero-order valence-electron chi connectivity index (χ0n) is 21.7. The van der Waals surface area contributed by atoms with Crippen LogP contribution in [0.2, 0.25) is 0 Å². The van der Waals surface area contributed by atoms with E-state index in [1.54, 1.807) is 24.3 Å². The molecule has 1 aromatic heterocycles. The van der Waals surface area contributed by atoms with Crippen LogP contribution in [-0.4, -0.2) is 29.6 Å². The molecule has 1 heterocycles. The lowest BCUT2D eigenvalue weighted by atomic mass is 10.0. The van der Waals surface area contributed by atoms with E-state index in [-0.39, 0.29) is 18.4 Å². The highest BCUT2D eigenvalue weighted by Gasteiger charge is 2.13. The monoisotopic (exact) mass is 494 g/mol. The second-order valence-electron chi connectivity index (χ2n) is 9.20. The summed E-state index contributed by atoms with van der Waals surface area (Å²) in [6.07, 6.45) is 1.74. The number of carbonyl (C=O) groups excluding carboxylic acids is 1. The molecule has 7 nitrogen and oxygen atoms in total. The number of H-pyrrole nitrogens is 1. The van der Waals surface area contributed by atoms with Crippen molar-refractivity contribution in [2.45, 2.75) is 33.6 Å². The first-order valence-electron chi connectivity index (χ1n) is 12.1. The van der Waals surface area contributed by atoms with E-state index in [0.717, 1.165) is 39.0 Å². The summed E-state index contributed by atoms with van der Waals surface area (Å²) in [7, 11) is 1.53. The SMILES string of the molecule is COc1cc(/C=C(/C#N)c2nc3cc(C)c(C)cc3[nH]2)ccc1OCC(=O)Nc1ccccc1C(C)C. The maximum absolute atomic E-state index is 12.6. The van der Waals surface area contributed by atoms with Gasteiger partial charge in [0.25, 0.3) is 5.91 Å². The topological polar surface area (TPSA) is 100 Å². The highest BCUT2D eigenvalue weighted by atomic mass is 16.5. The Kier molecular flexibility index (Phi) is 7.59. The molecular formula is C30H30N4O3. The third-order valence-electron chi connectivity index (χ3n) is 6.19. The number of methoxy groups -OCH3 is 1. The molecule has 0 bridgehead atoms. The van der Waals surface area contributed by atoms with Gasteiger partial charge in [-0.2, -0.15) is 5.26 Å². The fraction of sp³-hybridized carbons (Fsp3) is 0.233. The number of benzene rings is 3. The molecule has 0 aliphatic heterocycles. The number of nitrogens with one attached hydrogen (secondary N) is 2. The Bertz CT molecular complexity index is 1490. The number of aryl methyl sites for hydroxylation is 2. The first-order valence-corrected chi connectivity index (χ1v) is 12.1. The summed E-state index contributed by atoms with van der Waals surface area (Å²) in [6, 6.07) is 19.3. The Morgan fingerprint density at radius 1 is 1.11 bits per heavy atom. The van der Waals surface area contributed by atoms with Crippen molar-refractivity contribution in [3.63, 3.8) is 0 Å². The average molecular weight is 495 g/mol. The van der Waals surface area contributed by atoms with Gasteiger partial charge in [-0.15, -0.1) is 0 Å². The maximum Gasteiger partial charge on any atom is 0.262 e. The van der Waals surface area contributed by atoms with Crippen LogP contribution in [-0.2, 0) is 4.79 Å². The van der Waals surface area contributed by atoms with E-state index in [9.17, 15) is 10.1 Å². The molecule has 0 aliphatic rings. The number of rotatable bonds is 8. The summed E-state index contributed by atoms with van der Waals surface area (Å²) in [6.45, 7) is 8.07. The van der Waals surface area contributed by atoms with Crippen LogP contribution >= 0.6 is 0 Å². The Morgan fingerprint density at radius 2 is 1.86 bits per heavy atom. The van der Waals surface area contributed by atoms with Gasteiger partial charge in [-0.05, 0) is 78.4 Å². The van der Waals surface area contributed by atoms with Crippen LogP contribution in [0, 0.1) is 25.2 Å². The van der Waals surface area contributed by atoms with Gasteiger partial charge < -0.3 is 19.8 Å². The summed E-state index contributed by atoms with van der Waals surface area (Å²) in [5, 5.41) is 12.7. The van der Waals surface area contributed by atoms with E-state index in [1.807, 2.05) is 50.2 Å². The van der Waals surface area contributed by atoms with E-state index in [4.69, 9.17) is 9.47 Å². The van der Waals surface area contributed by atoms with Crippen LogP contribution in [0.25, 0.3) is 22.7 Å². The molecule has 3 aromatic carbocycles. The molecule has 0 spiro atoms. The molecule has 2 N–H and O–H groups in total. The number of hydrogen-bond donors (Lipinski definition) is 2. The lowest BCUT2D eigenvalue weighted by Gasteiger charge is -2.15. The standard InChI is InChI=1S/C30H30N4O3/c1-18(2)23-8-6-7-9-24(23)32-29(35)17-37-27-11-10-21(15-28(27)36-5)14-22(16-31)30-33-25-12-19(3)20(4)13-26(25)34-30/h6-15,18H,17H2,1-5H3,(H,32,35)(H,33,34)/b22-14-. The molecule has 1 amide bonds. The molecule has 7 heteroatoms. The van der Waals surface area contributed by atoms with Gasteiger partial charge in [0.1, 0.15) is 11.9 Å². The van der Waals surface area contributed by atoms with Crippen LogP contribution in [0.1, 0.15) is 47.8 Å². The molecule has 0 unspecified atom stereocenters. The van der Waals surface area contributed by atoms with Crippen molar-refractivity contribution in [2.24, 2.45) is 0 Å². The number of anilines is 1. The number of ether oxygens (including phenoxy) is 2. The highest BCUT2D eigenvalue weighted by Crippen LogP contribution is 2.30. The predicted octanol–water partition coefficient (Wildman–Crippen LogP) is 6.39. The van der Waals surface area contributed by atoms with Crippen molar-refractivity contribution < 1.29 is 14.3 Å². The number of para-hydroxylation sites is 1. The first kappa shape index (κ1) is 25.5. The number of hydrogen-bond acceptors (Lipinski definition) is 5. The molecule has 0 saturated heterocycles. The lowest BCUT2D eigenvalue weighted by molar-refractivity contribution is -0.118. The molecule has 4 aromatic rings. The number of nitriles is 1. The fourth-order valence-corrected chi connectivity index (χ4v) is 4.05. The normalized spacial score (nSPS) is 11.4. The first-order chi connectivity index (χ1) is 17.8. The quantitative estimate of drug-likeness (QED) is 0.276. The number of amides is 1. The van der Waals surface area contributed by atoms with Crippen LogP contribution in [0.3, 0.4) is 0 Å². The van der Waals surface area contributed by atoms with E-state index < -0.39 is 0 Å². The Balaban J connectivity index is 1.50. The third-order valence-corrected chi connectivity index (χ3v) is 6.19. The Hall–Kier alpha value is -4.57. The van der Waals surface area contributed by atoms with E-state index in [2.05, 4.69) is 35.2 Å². The van der Waals surface area contributed by atoms with Gasteiger partial charge in [0.2, 0.25) is 0 Å². The summed E-state index contributed by atoms with van der Waals surface area (Å²) < 4.78 is 11.2. The molecule has 0 saturated carbocycles. The van der Waals surface area contributed by atoms with E-state index in [0.29, 0.717) is 22.9 Å². The number of allylic oxidation sites excluding steroid dienone is 1. The number of aromatic amines is 1. The second kappa shape index (κ2) is 11.0. The zero-order valence-corrected chi connectivity index (χ0v) is 21.7. The number of imidazole rings is 1. The minimum Gasteiger partial charge on any atom is -0.493 e. The van der Waals surface area contributed by atoms with E-state index >= 15 is 0 Å². The van der Waals surface area contributed by atoms with Gasteiger partial charge in [-0.25, -0.2) is 4.98 Å². The lowest BCUT2D eigenvalue weighted by Crippen LogP contribution is -2.21. The van der Waals surface area contributed by atoms with Crippen LogP contribution in [0.5, 0.6) is 11.5 Å². The Labute approximate surface area is 216 Å². The van der Waals surface area contributed by atoms with Gasteiger partial charge in [0, 0.05) is 5.69 Å². The highest BCUT2D eigenvalue weighted by molar-refractivity contribution is 5.93. The minimum atomic E-state index is -0.263. The number of aromatic nitrogens is 2. The maximum atomic E-state index is 12.6. The fourth-order valence-electron chi connectivity index (χ4n) is 4.05. The van der Waals surface area contributed by atoms with Gasteiger partial charge in [0.05, 0.1) is 23.7 Å². The van der Waals surface area contributed by atoms with Gasteiger partial charge in [-0.3, -0.25) is 4.79 Å². The third kappa shape index (κ3) is 5.81. The molecule has 0 fully saturated rings. The van der Waals surface area contributed by atoms with Gasteiger partial charge in [-0.1, -0.05) is 38.1 Å². The molecule has 0 radical (unpaired) electrons. The average Bonchev–Trinajstić information content (AvgIpc) is 3.29. The number of nitrogens with zero attached hydrogens (tertiary/aromatic N) is 2. The molecule has 4 rings (SSSR count). The molecule has 188 valence electrons. The van der Waals surface area contributed by atoms with Crippen molar-refractivity contribution in [3.8, 4) is 17.6 Å². The smallest absolute Gasteiger partial charge is 0.262 e. The minimum absolute atomic E-state index is 0.167. The molecule has 0 atom stereocenters. The van der Waals surface area contributed by atoms with Gasteiger partial charge >= 0.3 is 0 Å². The predicted molar refractivity (Wildman–Crippen MR) is 147 cm³/mol. The summed E-state index contributed by atoms with van der Waals surface area (Å²) >= 11 is 0. The Morgan fingerprint density at radius 3 is 2.59 bits per heavy atom. The second-order valence-corrected chi connectivity index (χ2v) is 9.20. The zero-order chi connectivity index (χ0) is 26.5. The van der Waals surface area contributed by atoms with Crippen molar-refractivity contribution >= 4 is 34.3 Å². The van der Waals surface area contributed by atoms with Gasteiger partial charge in [0.15, 0.2) is 18.1 Å². The van der Waals surface area contributed by atoms with Crippen molar-refractivity contribution in [2.75, 3.05) is 19.0 Å². The molecular weight excluding hydrogens is 464 g/mol. The van der Waals surface area contributed by atoms with Crippen molar-refractivity contribution in [1.29, 1.82) is 5.26 Å². The van der Waals surface area contributed by atoms with Crippen LogP contribution < -0.4 is 14.8 Å². The van der Waals surface area contributed by atoms with Crippen molar-refractivity contribution in [3.05, 3.63) is 82.7 Å². The van der Waals surface area contributed by atoms with E-state index in [1.165, 1.54) is 7.11 Å². The summed E-state index contributed by atoms with van der Waals surface area (Å²) in [5.74, 6) is 1.41.